The van der Waals surface area contributed by atoms with E-state index in [9.17, 15) is 4.79 Å². The van der Waals surface area contributed by atoms with Crippen molar-refractivity contribution in [1.29, 1.82) is 0 Å². The molecule has 0 aliphatic carbocycles. The van der Waals surface area contributed by atoms with Gasteiger partial charge in [-0.2, -0.15) is 0 Å². The Balaban J connectivity index is 2.05. The topological polar surface area (TPSA) is 90.1 Å². The van der Waals surface area contributed by atoms with Crippen LogP contribution in [-0.2, 0) is 4.79 Å². The number of hydrogen-bond acceptors (Lipinski definition) is 6. The number of aromatic nitrogens is 2. The molecule has 1 aromatic carbocycles. The summed E-state index contributed by atoms with van der Waals surface area (Å²) in [5, 5.41) is 2.99. The molecule has 0 spiro atoms. The molecule has 1 heterocycles. The zero-order valence-electron chi connectivity index (χ0n) is 13.4. The van der Waals surface area contributed by atoms with E-state index in [4.69, 9.17) is 10.5 Å². The molecule has 7 heteroatoms. The van der Waals surface area contributed by atoms with Gasteiger partial charge in [0.15, 0.2) is 5.16 Å². The van der Waals surface area contributed by atoms with Gasteiger partial charge in [-0.1, -0.05) is 23.9 Å². The lowest BCUT2D eigenvalue weighted by Crippen LogP contribution is -2.23. The van der Waals surface area contributed by atoms with E-state index >= 15 is 0 Å². The van der Waals surface area contributed by atoms with Gasteiger partial charge in [-0.15, -0.1) is 0 Å². The fraction of sp³-hybridized carbons (Fsp3) is 0.312. The molecule has 0 saturated carbocycles. The molecule has 0 aliphatic rings. The molecule has 1 atom stereocenters. The van der Waals surface area contributed by atoms with Gasteiger partial charge >= 0.3 is 0 Å². The first-order valence-electron chi connectivity index (χ1n) is 7.30. The second-order valence-corrected chi connectivity index (χ2v) is 6.20. The van der Waals surface area contributed by atoms with Gasteiger partial charge in [0.1, 0.15) is 11.6 Å². The molecule has 0 aliphatic heterocycles. The van der Waals surface area contributed by atoms with Crippen LogP contribution in [0.5, 0.6) is 5.75 Å². The number of nitrogens with zero attached hydrogens (tertiary/aromatic N) is 2. The number of aryl methyl sites for hydroxylation is 1. The van der Waals surface area contributed by atoms with Crippen molar-refractivity contribution in [3.05, 3.63) is 36.0 Å². The Kier molecular flexibility index (Phi) is 5.81. The van der Waals surface area contributed by atoms with Crippen molar-refractivity contribution in [2.75, 3.05) is 17.7 Å². The molecule has 0 radical (unpaired) electrons. The highest BCUT2D eigenvalue weighted by Crippen LogP contribution is 2.26. The van der Waals surface area contributed by atoms with Crippen molar-refractivity contribution < 1.29 is 9.53 Å². The summed E-state index contributed by atoms with van der Waals surface area (Å²) >= 11 is 1.26. The smallest absolute Gasteiger partial charge is 0.237 e. The van der Waals surface area contributed by atoms with Crippen LogP contribution in [0, 0.1) is 6.92 Å². The van der Waals surface area contributed by atoms with Gasteiger partial charge in [-0.25, -0.2) is 9.97 Å². The van der Waals surface area contributed by atoms with Crippen molar-refractivity contribution in [2.24, 2.45) is 0 Å². The van der Waals surface area contributed by atoms with E-state index in [2.05, 4.69) is 15.3 Å². The number of nitrogens with one attached hydrogen (secondary N) is 1. The molecule has 122 valence electrons. The van der Waals surface area contributed by atoms with Crippen LogP contribution in [0.4, 0.5) is 11.5 Å². The summed E-state index contributed by atoms with van der Waals surface area (Å²) in [5.74, 6) is 0.900. The monoisotopic (exact) mass is 332 g/mol. The highest BCUT2D eigenvalue weighted by Gasteiger charge is 2.18. The summed E-state index contributed by atoms with van der Waals surface area (Å²) in [6.07, 6.45) is 0. The number of hydrogen-bond donors (Lipinski definition) is 2. The third kappa shape index (κ3) is 4.85. The van der Waals surface area contributed by atoms with Crippen LogP contribution in [0.1, 0.15) is 19.5 Å². The zero-order chi connectivity index (χ0) is 16.8. The maximum Gasteiger partial charge on any atom is 0.237 e. The van der Waals surface area contributed by atoms with E-state index < -0.39 is 0 Å². The summed E-state index contributed by atoms with van der Waals surface area (Å²) in [5.41, 5.74) is 7.13. The average Bonchev–Trinajstić information content (AvgIpc) is 2.48. The van der Waals surface area contributed by atoms with E-state index in [1.807, 2.05) is 32.0 Å². The Morgan fingerprint density at radius 2 is 2.13 bits per heavy atom. The second kappa shape index (κ2) is 7.82. The number of ether oxygens (including phenoxy) is 1. The van der Waals surface area contributed by atoms with Crippen LogP contribution >= 0.6 is 11.8 Å². The molecule has 23 heavy (non-hydrogen) atoms. The fourth-order valence-corrected chi connectivity index (χ4v) is 2.75. The first kappa shape index (κ1) is 17.1. The summed E-state index contributed by atoms with van der Waals surface area (Å²) in [6, 6.07) is 9.03. The molecule has 0 fully saturated rings. The van der Waals surface area contributed by atoms with E-state index in [0.717, 1.165) is 5.69 Å². The van der Waals surface area contributed by atoms with Crippen LogP contribution in [-0.4, -0.2) is 27.7 Å². The van der Waals surface area contributed by atoms with Crippen molar-refractivity contribution in [3.8, 4) is 5.75 Å². The van der Waals surface area contributed by atoms with Gasteiger partial charge in [-0.3, -0.25) is 4.79 Å². The number of para-hydroxylation sites is 2. The number of thioether (sulfide) groups is 1. The molecule has 2 rings (SSSR count). The van der Waals surface area contributed by atoms with Crippen LogP contribution < -0.4 is 15.8 Å². The van der Waals surface area contributed by atoms with Crippen LogP contribution in [0.3, 0.4) is 0 Å². The van der Waals surface area contributed by atoms with Gasteiger partial charge < -0.3 is 15.8 Å². The summed E-state index contributed by atoms with van der Waals surface area (Å²) < 4.78 is 5.50. The molecule has 0 bridgehead atoms. The molecule has 6 nitrogen and oxygen atoms in total. The minimum absolute atomic E-state index is 0.147. The quantitative estimate of drug-likeness (QED) is 0.624. The Bertz CT molecular complexity index is 673. The van der Waals surface area contributed by atoms with Crippen molar-refractivity contribution in [2.45, 2.75) is 31.2 Å². The van der Waals surface area contributed by atoms with Gasteiger partial charge in [0, 0.05) is 11.8 Å². The van der Waals surface area contributed by atoms with Gasteiger partial charge in [0.25, 0.3) is 0 Å². The van der Waals surface area contributed by atoms with Crippen LogP contribution in [0.2, 0.25) is 0 Å². The molecule has 0 saturated heterocycles. The van der Waals surface area contributed by atoms with Crippen molar-refractivity contribution in [1.82, 2.24) is 9.97 Å². The zero-order valence-corrected chi connectivity index (χ0v) is 14.2. The summed E-state index contributed by atoms with van der Waals surface area (Å²) in [6.45, 7) is 6.07. The van der Waals surface area contributed by atoms with E-state index in [-0.39, 0.29) is 11.2 Å². The fourth-order valence-electron chi connectivity index (χ4n) is 1.91. The lowest BCUT2D eigenvalue weighted by atomic mass is 10.3. The molecule has 1 aromatic heterocycles. The van der Waals surface area contributed by atoms with Crippen molar-refractivity contribution in [3.63, 3.8) is 0 Å². The normalized spacial score (nSPS) is 11.8. The number of benzene rings is 1. The molecular weight excluding hydrogens is 312 g/mol. The van der Waals surface area contributed by atoms with E-state index in [0.29, 0.717) is 29.0 Å². The third-order valence-corrected chi connectivity index (χ3v) is 3.91. The van der Waals surface area contributed by atoms with E-state index in [1.54, 1.807) is 19.1 Å². The Morgan fingerprint density at radius 1 is 1.39 bits per heavy atom. The molecule has 2 aromatic rings. The minimum atomic E-state index is -0.370. The Hall–Kier alpha value is -2.28. The van der Waals surface area contributed by atoms with Crippen LogP contribution in [0.15, 0.2) is 35.5 Å². The van der Waals surface area contributed by atoms with Crippen molar-refractivity contribution >= 4 is 29.2 Å². The predicted molar refractivity (Wildman–Crippen MR) is 92.7 cm³/mol. The Morgan fingerprint density at radius 3 is 2.83 bits per heavy atom. The predicted octanol–water partition coefficient (Wildman–Crippen LogP) is 2.89. The number of amides is 1. The second-order valence-electron chi connectivity index (χ2n) is 4.90. The minimum Gasteiger partial charge on any atom is -0.492 e. The Labute approximate surface area is 139 Å². The summed E-state index contributed by atoms with van der Waals surface area (Å²) in [7, 11) is 0. The van der Waals surface area contributed by atoms with Gasteiger partial charge in [0.2, 0.25) is 5.91 Å². The standard InChI is InChI=1S/C16H20N4O2S/c1-4-22-13-8-6-5-7-12(13)19-15(21)11(3)23-16-18-10(2)9-14(17)20-16/h5-9,11H,4H2,1-3H3,(H,19,21)(H2,17,18,20)/t11-/m0/s1. The molecule has 3 N–H and O–H groups in total. The number of rotatable bonds is 6. The van der Waals surface area contributed by atoms with E-state index in [1.165, 1.54) is 11.8 Å². The lowest BCUT2D eigenvalue weighted by molar-refractivity contribution is -0.115. The number of nitrogens with two attached hydrogens (primary N) is 1. The third-order valence-electron chi connectivity index (χ3n) is 2.95. The average molecular weight is 332 g/mol. The van der Waals surface area contributed by atoms with Gasteiger partial charge in [0.05, 0.1) is 17.5 Å². The molecular formula is C16H20N4O2S. The highest BCUT2D eigenvalue weighted by atomic mass is 32.2. The first-order valence-corrected chi connectivity index (χ1v) is 8.18. The summed E-state index contributed by atoms with van der Waals surface area (Å²) in [4.78, 5) is 20.8. The highest BCUT2D eigenvalue weighted by molar-refractivity contribution is 8.00. The maximum atomic E-state index is 12.4. The molecule has 1 amide bonds. The number of carbonyl (C=O) groups excluding carboxylic acids is 1. The lowest BCUT2D eigenvalue weighted by Gasteiger charge is -2.14. The number of carbonyl (C=O) groups is 1. The maximum absolute atomic E-state index is 12.4. The SMILES string of the molecule is CCOc1ccccc1NC(=O)[C@H](C)Sc1nc(C)cc(N)n1. The van der Waals surface area contributed by atoms with Gasteiger partial charge in [-0.05, 0) is 32.9 Å². The molecule has 0 unspecified atom stereocenters. The van der Waals surface area contributed by atoms with Crippen LogP contribution in [0.25, 0.3) is 0 Å². The largest absolute Gasteiger partial charge is 0.492 e. The number of nitrogen functional groups attached to an aromatic ring is 1. The first-order chi connectivity index (χ1) is 11.0. The number of anilines is 2.